The third-order valence-electron chi connectivity index (χ3n) is 3.12. The Morgan fingerprint density at radius 3 is 2.61 bits per heavy atom. The van der Waals surface area contributed by atoms with E-state index in [1.165, 1.54) is 0 Å². The van der Waals surface area contributed by atoms with Crippen LogP contribution >= 0.6 is 0 Å². The molecule has 0 amide bonds. The van der Waals surface area contributed by atoms with Crippen LogP contribution in [-0.4, -0.2) is 28.1 Å². The fraction of sp³-hybridized carbons (Fsp3) is 0.308. The van der Waals surface area contributed by atoms with Gasteiger partial charge in [0.15, 0.2) is 17.2 Å². The Balaban J connectivity index is 2.09. The van der Waals surface area contributed by atoms with Crippen LogP contribution in [0.5, 0.6) is 17.2 Å². The van der Waals surface area contributed by atoms with E-state index in [1.54, 1.807) is 11.7 Å². The van der Waals surface area contributed by atoms with E-state index in [0.717, 1.165) is 17.0 Å². The second kappa shape index (κ2) is 3.94. The molecule has 2 heterocycles. The lowest BCUT2D eigenvalue weighted by Gasteiger charge is -2.18. The van der Waals surface area contributed by atoms with Crippen LogP contribution in [0, 0.1) is 6.92 Å². The lowest BCUT2D eigenvalue weighted by Crippen LogP contribution is -2.15. The van der Waals surface area contributed by atoms with Crippen LogP contribution in [0.1, 0.15) is 5.69 Å². The second-order valence-corrected chi connectivity index (χ2v) is 4.26. The molecular weight excluding hydrogens is 232 g/mol. The van der Waals surface area contributed by atoms with Gasteiger partial charge in [0.2, 0.25) is 0 Å². The van der Waals surface area contributed by atoms with Crippen LogP contribution in [0.3, 0.4) is 0 Å². The maximum atomic E-state index is 10.0. The largest absolute Gasteiger partial charge is 0.504 e. The summed E-state index contributed by atoms with van der Waals surface area (Å²) in [6, 6.07) is 5.55. The summed E-state index contributed by atoms with van der Waals surface area (Å²) in [7, 11) is 1.80. The molecule has 5 nitrogen and oxygen atoms in total. The standard InChI is InChI=1S/C13H14N2O3/c1-8-13(16)12(14-15(8)2)9-3-4-10-11(7-9)18-6-5-17-10/h3-4,7,16H,5-6H2,1-2H3. The average molecular weight is 246 g/mol. The van der Waals surface area contributed by atoms with Crippen LogP contribution < -0.4 is 9.47 Å². The Bertz CT molecular complexity index is 605. The van der Waals surface area contributed by atoms with E-state index in [0.29, 0.717) is 24.7 Å². The van der Waals surface area contributed by atoms with Crippen molar-refractivity contribution in [2.75, 3.05) is 13.2 Å². The minimum Gasteiger partial charge on any atom is -0.504 e. The lowest BCUT2D eigenvalue weighted by atomic mass is 10.1. The molecule has 3 rings (SSSR count). The van der Waals surface area contributed by atoms with Crippen molar-refractivity contribution >= 4 is 0 Å². The van der Waals surface area contributed by atoms with Gasteiger partial charge in [-0.15, -0.1) is 0 Å². The molecule has 0 fully saturated rings. The molecule has 2 aromatic rings. The zero-order valence-electron chi connectivity index (χ0n) is 10.3. The fourth-order valence-electron chi connectivity index (χ4n) is 1.98. The van der Waals surface area contributed by atoms with Gasteiger partial charge in [-0.3, -0.25) is 4.68 Å². The van der Waals surface area contributed by atoms with Crippen molar-refractivity contribution in [3.63, 3.8) is 0 Å². The van der Waals surface area contributed by atoms with Gasteiger partial charge >= 0.3 is 0 Å². The molecular formula is C13H14N2O3. The number of nitrogens with zero attached hydrogens (tertiary/aromatic N) is 2. The zero-order valence-corrected chi connectivity index (χ0v) is 10.3. The second-order valence-electron chi connectivity index (χ2n) is 4.26. The number of aryl methyl sites for hydroxylation is 1. The summed E-state index contributed by atoms with van der Waals surface area (Å²) in [4.78, 5) is 0. The highest BCUT2D eigenvalue weighted by atomic mass is 16.6. The van der Waals surface area contributed by atoms with Crippen molar-refractivity contribution in [1.29, 1.82) is 0 Å². The topological polar surface area (TPSA) is 56.5 Å². The first kappa shape index (κ1) is 11.0. The summed E-state index contributed by atoms with van der Waals surface area (Å²) in [6.45, 7) is 2.94. The first-order valence-electron chi connectivity index (χ1n) is 5.79. The van der Waals surface area contributed by atoms with E-state index in [9.17, 15) is 5.11 Å². The number of hydrogen-bond donors (Lipinski definition) is 1. The van der Waals surface area contributed by atoms with Gasteiger partial charge < -0.3 is 14.6 Å². The summed E-state index contributed by atoms with van der Waals surface area (Å²) in [5.41, 5.74) is 2.12. The minimum absolute atomic E-state index is 0.203. The molecule has 1 aromatic heterocycles. The van der Waals surface area contributed by atoms with Crippen LogP contribution in [-0.2, 0) is 7.05 Å². The molecule has 5 heteroatoms. The van der Waals surface area contributed by atoms with Crippen LogP contribution in [0.25, 0.3) is 11.3 Å². The Labute approximate surface area is 105 Å². The van der Waals surface area contributed by atoms with Crippen molar-refractivity contribution in [3.8, 4) is 28.5 Å². The summed E-state index contributed by atoms with van der Waals surface area (Å²) >= 11 is 0. The van der Waals surface area contributed by atoms with Crippen molar-refractivity contribution in [3.05, 3.63) is 23.9 Å². The highest BCUT2D eigenvalue weighted by Gasteiger charge is 2.17. The lowest BCUT2D eigenvalue weighted by molar-refractivity contribution is 0.171. The quantitative estimate of drug-likeness (QED) is 0.834. The predicted octanol–water partition coefficient (Wildman–Crippen LogP) is 1.87. The zero-order chi connectivity index (χ0) is 12.7. The molecule has 94 valence electrons. The molecule has 0 atom stereocenters. The predicted molar refractivity (Wildman–Crippen MR) is 66.0 cm³/mol. The number of aromatic nitrogens is 2. The normalized spacial score (nSPS) is 13.7. The Morgan fingerprint density at radius 2 is 1.94 bits per heavy atom. The van der Waals surface area contributed by atoms with Crippen molar-refractivity contribution in [1.82, 2.24) is 9.78 Å². The van der Waals surface area contributed by atoms with E-state index < -0.39 is 0 Å². The molecule has 0 saturated heterocycles. The minimum atomic E-state index is 0.203. The maximum Gasteiger partial charge on any atom is 0.164 e. The van der Waals surface area contributed by atoms with Crippen molar-refractivity contribution in [2.45, 2.75) is 6.92 Å². The van der Waals surface area contributed by atoms with Gasteiger partial charge in [-0.1, -0.05) is 0 Å². The first-order chi connectivity index (χ1) is 8.66. The van der Waals surface area contributed by atoms with Gasteiger partial charge in [-0.2, -0.15) is 5.10 Å². The summed E-state index contributed by atoms with van der Waals surface area (Å²) in [5, 5.41) is 14.3. The maximum absolute atomic E-state index is 10.0. The number of benzene rings is 1. The smallest absolute Gasteiger partial charge is 0.164 e. The third-order valence-corrected chi connectivity index (χ3v) is 3.12. The fourth-order valence-corrected chi connectivity index (χ4v) is 1.98. The molecule has 0 aliphatic carbocycles. The molecule has 1 N–H and O–H groups in total. The van der Waals surface area contributed by atoms with Crippen molar-refractivity contribution < 1.29 is 14.6 Å². The van der Waals surface area contributed by atoms with Gasteiger partial charge in [0.05, 0.1) is 5.69 Å². The van der Waals surface area contributed by atoms with Gasteiger partial charge in [-0.25, -0.2) is 0 Å². The molecule has 1 aliphatic rings. The molecule has 1 aliphatic heterocycles. The summed E-state index contributed by atoms with van der Waals surface area (Å²) in [6.07, 6.45) is 0. The Hall–Kier alpha value is -2.17. The summed E-state index contributed by atoms with van der Waals surface area (Å²) < 4.78 is 12.6. The van der Waals surface area contributed by atoms with Crippen LogP contribution in [0.4, 0.5) is 0 Å². The highest BCUT2D eigenvalue weighted by Crippen LogP contribution is 2.37. The molecule has 0 bridgehead atoms. The molecule has 0 spiro atoms. The van der Waals surface area contributed by atoms with E-state index >= 15 is 0 Å². The van der Waals surface area contributed by atoms with E-state index in [1.807, 2.05) is 25.1 Å². The molecule has 0 radical (unpaired) electrons. The molecule has 1 aromatic carbocycles. The number of rotatable bonds is 1. The molecule has 0 unspecified atom stereocenters. The highest BCUT2D eigenvalue weighted by molar-refractivity contribution is 5.70. The third kappa shape index (κ3) is 1.59. The molecule has 0 saturated carbocycles. The Kier molecular flexibility index (Phi) is 2.40. The number of ether oxygens (including phenoxy) is 2. The molecule has 18 heavy (non-hydrogen) atoms. The monoisotopic (exact) mass is 246 g/mol. The van der Waals surface area contributed by atoms with Crippen LogP contribution in [0.15, 0.2) is 18.2 Å². The number of hydrogen-bond acceptors (Lipinski definition) is 4. The Morgan fingerprint density at radius 1 is 1.22 bits per heavy atom. The SMILES string of the molecule is Cc1c(O)c(-c2ccc3c(c2)OCCO3)nn1C. The van der Waals surface area contributed by atoms with Gasteiger partial charge in [-0.05, 0) is 25.1 Å². The number of fused-ring (bicyclic) bond motifs is 1. The van der Waals surface area contributed by atoms with E-state index in [-0.39, 0.29) is 5.75 Å². The van der Waals surface area contributed by atoms with Gasteiger partial charge in [0, 0.05) is 12.6 Å². The van der Waals surface area contributed by atoms with E-state index in [2.05, 4.69) is 5.10 Å². The summed E-state index contributed by atoms with van der Waals surface area (Å²) in [5.74, 6) is 1.63. The van der Waals surface area contributed by atoms with E-state index in [4.69, 9.17) is 9.47 Å². The average Bonchev–Trinajstić information content (AvgIpc) is 2.66. The first-order valence-corrected chi connectivity index (χ1v) is 5.79. The van der Waals surface area contributed by atoms with Gasteiger partial charge in [0.1, 0.15) is 18.9 Å². The van der Waals surface area contributed by atoms with Gasteiger partial charge in [0.25, 0.3) is 0 Å². The number of aromatic hydroxyl groups is 1. The van der Waals surface area contributed by atoms with Crippen LogP contribution in [0.2, 0.25) is 0 Å². The van der Waals surface area contributed by atoms with Crippen molar-refractivity contribution in [2.24, 2.45) is 7.05 Å².